The zero-order chi connectivity index (χ0) is 21.6. The molecule has 0 atom stereocenters. The minimum Gasteiger partial charge on any atom is -0.484 e. The molecule has 0 spiro atoms. The molecule has 0 saturated carbocycles. The Balaban J connectivity index is 1.41. The molecule has 1 aromatic carbocycles. The van der Waals surface area contributed by atoms with Crippen molar-refractivity contribution in [2.75, 3.05) is 37.7 Å². The number of nitrogens with one attached hydrogen (secondary N) is 1. The molecule has 3 rings (SSSR count). The summed E-state index contributed by atoms with van der Waals surface area (Å²) < 4.78 is 48.8. The maximum Gasteiger partial charge on any atom is 0.416 e. The third-order valence-corrected chi connectivity index (χ3v) is 4.44. The van der Waals surface area contributed by atoms with Crippen LogP contribution in [0.25, 0.3) is 0 Å². The fourth-order valence-corrected chi connectivity index (χ4v) is 3.02. The first-order chi connectivity index (χ1) is 14.3. The SMILES string of the molecule is Cc1nc(OCCNC(=O)COc2cccc(C(F)(F)F)c2)cc(N2CCCC2)n1. The van der Waals surface area contributed by atoms with Gasteiger partial charge in [0, 0.05) is 19.2 Å². The number of nitrogens with zero attached hydrogens (tertiary/aromatic N) is 3. The molecule has 10 heteroatoms. The van der Waals surface area contributed by atoms with E-state index in [1.165, 1.54) is 12.1 Å². The predicted molar refractivity (Wildman–Crippen MR) is 104 cm³/mol. The van der Waals surface area contributed by atoms with Crippen LogP contribution < -0.4 is 19.7 Å². The molecule has 1 N–H and O–H groups in total. The Morgan fingerprint density at radius 3 is 2.67 bits per heavy atom. The highest BCUT2D eigenvalue weighted by Gasteiger charge is 2.30. The number of carbonyl (C=O) groups is 1. The van der Waals surface area contributed by atoms with Crippen LogP contribution in [0.15, 0.2) is 30.3 Å². The van der Waals surface area contributed by atoms with Gasteiger partial charge in [-0.1, -0.05) is 6.07 Å². The summed E-state index contributed by atoms with van der Waals surface area (Å²) in [6.07, 6.45) is -2.20. The molecule has 162 valence electrons. The van der Waals surface area contributed by atoms with Crippen molar-refractivity contribution in [1.82, 2.24) is 15.3 Å². The van der Waals surface area contributed by atoms with Crippen LogP contribution in [-0.4, -0.2) is 48.7 Å². The Labute approximate surface area is 172 Å². The Morgan fingerprint density at radius 1 is 1.17 bits per heavy atom. The second-order valence-electron chi connectivity index (χ2n) is 6.82. The van der Waals surface area contributed by atoms with Crippen molar-refractivity contribution in [2.24, 2.45) is 0 Å². The smallest absolute Gasteiger partial charge is 0.416 e. The quantitative estimate of drug-likeness (QED) is 0.657. The molecule has 0 radical (unpaired) electrons. The van der Waals surface area contributed by atoms with Crippen LogP contribution in [0.1, 0.15) is 24.2 Å². The summed E-state index contributed by atoms with van der Waals surface area (Å²) in [4.78, 5) is 22.7. The lowest BCUT2D eigenvalue weighted by molar-refractivity contribution is -0.137. The number of halogens is 3. The van der Waals surface area contributed by atoms with Crippen LogP contribution in [-0.2, 0) is 11.0 Å². The molecule has 1 amide bonds. The maximum absolute atomic E-state index is 12.7. The van der Waals surface area contributed by atoms with Crippen molar-refractivity contribution in [3.05, 3.63) is 41.7 Å². The van der Waals surface area contributed by atoms with E-state index in [-0.39, 0.29) is 18.9 Å². The minimum absolute atomic E-state index is 0.0258. The van der Waals surface area contributed by atoms with E-state index in [2.05, 4.69) is 20.2 Å². The number of amides is 1. The molecule has 1 aromatic heterocycles. The van der Waals surface area contributed by atoms with Crippen molar-refractivity contribution >= 4 is 11.7 Å². The Kier molecular flexibility index (Phi) is 6.96. The number of alkyl halides is 3. The number of aryl methyl sites for hydroxylation is 1. The van der Waals surface area contributed by atoms with Gasteiger partial charge in [0.1, 0.15) is 24.0 Å². The fourth-order valence-electron chi connectivity index (χ4n) is 3.02. The van der Waals surface area contributed by atoms with Crippen LogP contribution in [0, 0.1) is 6.92 Å². The van der Waals surface area contributed by atoms with Gasteiger partial charge in [0.25, 0.3) is 5.91 Å². The molecular formula is C20H23F3N4O3. The molecule has 0 unspecified atom stereocenters. The number of anilines is 1. The third kappa shape index (κ3) is 6.23. The van der Waals surface area contributed by atoms with Crippen molar-refractivity contribution in [3.8, 4) is 11.6 Å². The van der Waals surface area contributed by atoms with Crippen LogP contribution in [0.5, 0.6) is 11.6 Å². The molecule has 2 aromatic rings. The largest absolute Gasteiger partial charge is 0.484 e. The second kappa shape index (κ2) is 9.64. The molecule has 1 fully saturated rings. The first kappa shape index (κ1) is 21.7. The normalized spacial score (nSPS) is 13.9. The standard InChI is InChI=1S/C20H23F3N4O3/c1-14-25-17(27-8-2-3-9-27)12-19(26-14)29-10-7-24-18(28)13-30-16-6-4-5-15(11-16)20(21,22)23/h4-6,11-12H,2-3,7-10,13H2,1H3,(H,24,28). The van der Waals surface area contributed by atoms with E-state index >= 15 is 0 Å². The van der Waals surface area contributed by atoms with Crippen LogP contribution in [0.4, 0.5) is 19.0 Å². The number of benzene rings is 1. The lowest BCUT2D eigenvalue weighted by atomic mass is 10.2. The monoisotopic (exact) mass is 424 g/mol. The summed E-state index contributed by atoms with van der Waals surface area (Å²) in [5.74, 6) is 1.37. The lowest BCUT2D eigenvalue weighted by Crippen LogP contribution is -2.32. The van der Waals surface area contributed by atoms with Crippen LogP contribution in [0.3, 0.4) is 0 Å². The van der Waals surface area contributed by atoms with Crippen molar-refractivity contribution in [1.29, 1.82) is 0 Å². The average molecular weight is 424 g/mol. The van der Waals surface area contributed by atoms with Gasteiger partial charge in [-0.15, -0.1) is 0 Å². The van der Waals surface area contributed by atoms with Crippen molar-refractivity contribution in [3.63, 3.8) is 0 Å². The molecule has 0 bridgehead atoms. The maximum atomic E-state index is 12.7. The number of hydrogen-bond acceptors (Lipinski definition) is 6. The van der Waals surface area contributed by atoms with E-state index in [0.29, 0.717) is 11.7 Å². The van der Waals surface area contributed by atoms with E-state index in [1.807, 2.05) is 0 Å². The number of carbonyl (C=O) groups excluding carboxylic acids is 1. The first-order valence-electron chi connectivity index (χ1n) is 9.61. The summed E-state index contributed by atoms with van der Waals surface area (Å²) in [5.41, 5.74) is -0.831. The Hall–Kier alpha value is -3.04. The van der Waals surface area contributed by atoms with Gasteiger partial charge in [0.15, 0.2) is 6.61 Å². The van der Waals surface area contributed by atoms with Gasteiger partial charge in [-0.3, -0.25) is 4.79 Å². The van der Waals surface area contributed by atoms with Gasteiger partial charge in [-0.25, -0.2) is 4.98 Å². The molecule has 1 aliphatic rings. The zero-order valence-electron chi connectivity index (χ0n) is 16.5. The average Bonchev–Trinajstić information content (AvgIpc) is 3.24. The summed E-state index contributed by atoms with van der Waals surface area (Å²) in [7, 11) is 0. The molecule has 1 saturated heterocycles. The lowest BCUT2D eigenvalue weighted by Gasteiger charge is -2.17. The minimum atomic E-state index is -4.47. The zero-order valence-corrected chi connectivity index (χ0v) is 16.5. The Bertz CT molecular complexity index is 871. The van der Waals surface area contributed by atoms with Gasteiger partial charge in [0.05, 0.1) is 12.1 Å². The highest BCUT2D eigenvalue weighted by atomic mass is 19.4. The van der Waals surface area contributed by atoms with E-state index in [1.54, 1.807) is 13.0 Å². The van der Waals surface area contributed by atoms with E-state index in [0.717, 1.165) is 43.9 Å². The number of ether oxygens (including phenoxy) is 2. The molecule has 7 nitrogen and oxygen atoms in total. The van der Waals surface area contributed by atoms with Gasteiger partial charge < -0.3 is 19.7 Å². The summed E-state index contributed by atoms with van der Waals surface area (Å²) in [6, 6.07) is 6.15. The van der Waals surface area contributed by atoms with Crippen molar-refractivity contribution < 1.29 is 27.4 Å². The van der Waals surface area contributed by atoms with E-state index in [4.69, 9.17) is 9.47 Å². The summed E-state index contributed by atoms with van der Waals surface area (Å²) in [6.45, 7) is 3.69. The van der Waals surface area contributed by atoms with Crippen LogP contribution >= 0.6 is 0 Å². The molecule has 0 aliphatic carbocycles. The van der Waals surface area contributed by atoms with Gasteiger partial charge in [-0.05, 0) is 38.0 Å². The van der Waals surface area contributed by atoms with Crippen LogP contribution in [0.2, 0.25) is 0 Å². The van der Waals surface area contributed by atoms with Crippen molar-refractivity contribution in [2.45, 2.75) is 25.9 Å². The van der Waals surface area contributed by atoms with E-state index < -0.39 is 24.3 Å². The highest BCUT2D eigenvalue weighted by molar-refractivity contribution is 5.77. The van der Waals surface area contributed by atoms with Gasteiger partial charge in [-0.2, -0.15) is 18.2 Å². The number of aromatic nitrogens is 2. The highest BCUT2D eigenvalue weighted by Crippen LogP contribution is 2.31. The Morgan fingerprint density at radius 2 is 1.93 bits per heavy atom. The second-order valence-corrected chi connectivity index (χ2v) is 6.82. The number of rotatable bonds is 8. The van der Waals surface area contributed by atoms with E-state index in [9.17, 15) is 18.0 Å². The first-order valence-corrected chi connectivity index (χ1v) is 9.61. The molecule has 1 aliphatic heterocycles. The fraction of sp³-hybridized carbons (Fsp3) is 0.450. The molecular weight excluding hydrogens is 401 g/mol. The molecule has 2 heterocycles. The van der Waals surface area contributed by atoms with Gasteiger partial charge >= 0.3 is 6.18 Å². The molecule has 30 heavy (non-hydrogen) atoms. The third-order valence-electron chi connectivity index (χ3n) is 4.44. The van der Waals surface area contributed by atoms with Gasteiger partial charge in [0.2, 0.25) is 5.88 Å². The predicted octanol–water partition coefficient (Wildman–Crippen LogP) is 2.98. The number of hydrogen-bond donors (Lipinski definition) is 1. The summed E-state index contributed by atoms with van der Waals surface area (Å²) >= 11 is 0. The summed E-state index contributed by atoms with van der Waals surface area (Å²) in [5, 5.41) is 2.59. The topological polar surface area (TPSA) is 76.6 Å².